The molecule has 6 nitrogen and oxygen atoms in total. The van der Waals surface area contributed by atoms with Crippen molar-refractivity contribution < 1.29 is 18.0 Å². The predicted octanol–water partition coefficient (Wildman–Crippen LogP) is 3.49. The number of hydrogen-bond acceptors (Lipinski definition) is 4. The van der Waals surface area contributed by atoms with Gasteiger partial charge in [-0.15, -0.1) is 0 Å². The lowest BCUT2D eigenvalue weighted by Crippen LogP contribution is -2.38. The van der Waals surface area contributed by atoms with Crippen LogP contribution in [0.4, 0.5) is 19.0 Å². The second-order valence-corrected chi connectivity index (χ2v) is 7.48. The summed E-state index contributed by atoms with van der Waals surface area (Å²) in [5.41, 5.74) is 1.19. The number of anilines is 1. The molecule has 9 heteroatoms. The Morgan fingerprint density at radius 3 is 2.89 bits per heavy atom. The maximum Gasteiger partial charge on any atom is 0.410 e. The van der Waals surface area contributed by atoms with Crippen LogP contribution < -0.4 is 5.32 Å². The molecule has 28 heavy (non-hydrogen) atoms. The van der Waals surface area contributed by atoms with Gasteiger partial charge in [-0.25, -0.2) is 4.68 Å². The zero-order chi connectivity index (χ0) is 19.9. The van der Waals surface area contributed by atoms with E-state index in [1.165, 1.54) is 0 Å². The number of pyridine rings is 1. The van der Waals surface area contributed by atoms with E-state index in [4.69, 9.17) is 0 Å². The maximum atomic E-state index is 13.5. The van der Waals surface area contributed by atoms with Crippen molar-refractivity contribution in [1.82, 2.24) is 19.7 Å². The van der Waals surface area contributed by atoms with Crippen LogP contribution in [0.3, 0.4) is 0 Å². The summed E-state index contributed by atoms with van der Waals surface area (Å²) in [6.45, 7) is 2.30. The quantitative estimate of drug-likeness (QED) is 0.867. The summed E-state index contributed by atoms with van der Waals surface area (Å²) >= 11 is 0. The third-order valence-corrected chi connectivity index (χ3v) is 5.37. The van der Waals surface area contributed by atoms with Crippen molar-refractivity contribution in [2.45, 2.75) is 56.9 Å². The van der Waals surface area contributed by atoms with E-state index in [2.05, 4.69) is 15.4 Å². The second-order valence-electron chi connectivity index (χ2n) is 7.48. The largest absolute Gasteiger partial charge is 0.410 e. The van der Waals surface area contributed by atoms with Crippen LogP contribution in [0.15, 0.2) is 30.5 Å². The first-order chi connectivity index (χ1) is 13.3. The minimum atomic E-state index is -4.36. The van der Waals surface area contributed by atoms with Gasteiger partial charge in [-0.2, -0.15) is 18.3 Å². The third-order valence-electron chi connectivity index (χ3n) is 5.37. The fraction of sp³-hybridized carbons (Fsp3) is 0.526. The van der Waals surface area contributed by atoms with E-state index in [9.17, 15) is 18.0 Å². The van der Waals surface area contributed by atoms with Gasteiger partial charge in [-0.1, -0.05) is 6.07 Å². The zero-order valence-corrected chi connectivity index (χ0v) is 15.5. The Morgan fingerprint density at radius 1 is 1.36 bits per heavy atom. The first-order valence-corrected chi connectivity index (χ1v) is 9.45. The van der Waals surface area contributed by atoms with Crippen LogP contribution >= 0.6 is 0 Å². The van der Waals surface area contributed by atoms with E-state index in [1.807, 2.05) is 6.07 Å². The predicted molar refractivity (Wildman–Crippen MR) is 96.6 cm³/mol. The van der Waals surface area contributed by atoms with Gasteiger partial charge in [0.15, 0.2) is 6.04 Å². The molecular formula is C19H22F3N5O. The summed E-state index contributed by atoms with van der Waals surface area (Å²) in [5, 5.41) is 7.36. The van der Waals surface area contributed by atoms with Crippen LogP contribution in [0.25, 0.3) is 0 Å². The molecule has 2 aromatic rings. The molecule has 0 saturated carbocycles. The highest BCUT2D eigenvalue weighted by molar-refractivity contribution is 5.79. The molecule has 2 aliphatic rings. The molecule has 1 fully saturated rings. The Labute approximate surface area is 160 Å². The topological polar surface area (TPSA) is 63.1 Å². The SMILES string of the molecule is C[C@@H]1C[C@H](C(F)(F)F)n2nc([C@@H]3CCCN3C(=O)Cc3ccccn3)cc2N1. The molecule has 0 spiro atoms. The lowest BCUT2D eigenvalue weighted by atomic mass is 10.1. The molecule has 0 aliphatic carbocycles. The molecule has 1 amide bonds. The highest BCUT2D eigenvalue weighted by Crippen LogP contribution is 2.41. The molecule has 0 bridgehead atoms. The number of amides is 1. The number of hydrogen-bond donors (Lipinski definition) is 1. The Kier molecular flexibility index (Phi) is 4.76. The zero-order valence-electron chi connectivity index (χ0n) is 15.5. The number of nitrogens with zero attached hydrogens (tertiary/aromatic N) is 4. The van der Waals surface area contributed by atoms with Gasteiger partial charge in [0.1, 0.15) is 5.82 Å². The molecule has 2 aliphatic heterocycles. The lowest BCUT2D eigenvalue weighted by molar-refractivity contribution is -0.173. The molecule has 4 heterocycles. The molecule has 1 N–H and O–H groups in total. The number of rotatable bonds is 3. The molecule has 4 rings (SSSR count). The maximum absolute atomic E-state index is 13.5. The third kappa shape index (κ3) is 3.57. The molecule has 2 aromatic heterocycles. The number of likely N-dealkylation sites (tertiary alicyclic amines) is 1. The number of alkyl halides is 3. The molecular weight excluding hydrogens is 371 g/mol. The first kappa shape index (κ1) is 18.8. The molecule has 0 unspecified atom stereocenters. The van der Waals surface area contributed by atoms with Crippen LogP contribution in [-0.2, 0) is 11.2 Å². The Bertz CT molecular complexity index is 851. The van der Waals surface area contributed by atoms with Gasteiger partial charge in [0.2, 0.25) is 5.91 Å². The van der Waals surface area contributed by atoms with Crippen molar-refractivity contribution in [3.63, 3.8) is 0 Å². The number of carbonyl (C=O) groups excluding carboxylic acids is 1. The van der Waals surface area contributed by atoms with Gasteiger partial charge >= 0.3 is 6.18 Å². The summed E-state index contributed by atoms with van der Waals surface area (Å²) in [4.78, 5) is 18.7. The van der Waals surface area contributed by atoms with Crippen molar-refractivity contribution in [2.75, 3.05) is 11.9 Å². The van der Waals surface area contributed by atoms with Crippen molar-refractivity contribution >= 4 is 11.7 Å². The van der Waals surface area contributed by atoms with Gasteiger partial charge in [0.25, 0.3) is 0 Å². The smallest absolute Gasteiger partial charge is 0.368 e. The molecule has 3 atom stereocenters. The van der Waals surface area contributed by atoms with Gasteiger partial charge in [0, 0.05) is 30.5 Å². The monoisotopic (exact) mass is 393 g/mol. The number of fused-ring (bicyclic) bond motifs is 1. The molecule has 0 aromatic carbocycles. The average molecular weight is 393 g/mol. The normalized spacial score (nSPS) is 24.7. The van der Waals surface area contributed by atoms with Crippen LogP contribution in [0.2, 0.25) is 0 Å². The fourth-order valence-electron chi connectivity index (χ4n) is 4.07. The lowest BCUT2D eigenvalue weighted by Gasteiger charge is -2.31. The van der Waals surface area contributed by atoms with Crippen LogP contribution in [0.1, 0.15) is 49.7 Å². The van der Waals surface area contributed by atoms with Crippen molar-refractivity contribution in [3.8, 4) is 0 Å². The fourth-order valence-corrected chi connectivity index (χ4v) is 4.07. The Hall–Kier alpha value is -2.58. The summed E-state index contributed by atoms with van der Waals surface area (Å²) in [7, 11) is 0. The Balaban J connectivity index is 1.58. The van der Waals surface area contributed by atoms with E-state index >= 15 is 0 Å². The average Bonchev–Trinajstić information content (AvgIpc) is 3.27. The van der Waals surface area contributed by atoms with Crippen LogP contribution in [0.5, 0.6) is 0 Å². The summed E-state index contributed by atoms with van der Waals surface area (Å²) in [6.07, 6.45) is -1.13. The number of halogens is 3. The van der Waals surface area contributed by atoms with Crippen LogP contribution in [0, 0.1) is 0 Å². The van der Waals surface area contributed by atoms with E-state index in [1.54, 1.807) is 36.2 Å². The highest BCUT2D eigenvalue weighted by atomic mass is 19.4. The van der Waals surface area contributed by atoms with Crippen molar-refractivity contribution in [1.29, 1.82) is 0 Å². The van der Waals surface area contributed by atoms with Gasteiger partial charge in [0.05, 0.1) is 18.2 Å². The van der Waals surface area contributed by atoms with Gasteiger partial charge < -0.3 is 10.2 Å². The summed E-state index contributed by atoms with van der Waals surface area (Å²) in [6, 6.07) is 4.81. The molecule has 0 radical (unpaired) electrons. The molecule has 1 saturated heterocycles. The number of aromatic nitrogens is 3. The standard InChI is InChI=1S/C19H22F3N5O/c1-12-9-16(19(20,21)22)27-17(24-12)11-14(25-27)15-6-4-8-26(15)18(28)10-13-5-2-3-7-23-13/h2-3,5,7,11-12,15-16,24H,4,6,8-10H2,1H3/t12-,15+,16-/m1/s1. The highest BCUT2D eigenvalue weighted by Gasteiger charge is 2.46. The minimum absolute atomic E-state index is 0.0649. The number of nitrogens with one attached hydrogen (secondary N) is 1. The summed E-state index contributed by atoms with van der Waals surface area (Å²) < 4.78 is 41.4. The van der Waals surface area contributed by atoms with Gasteiger partial charge in [-0.3, -0.25) is 9.78 Å². The minimum Gasteiger partial charge on any atom is -0.368 e. The van der Waals surface area contributed by atoms with E-state index in [-0.39, 0.29) is 30.8 Å². The van der Waals surface area contributed by atoms with Crippen molar-refractivity contribution in [2.24, 2.45) is 0 Å². The summed E-state index contributed by atoms with van der Waals surface area (Å²) in [5.74, 6) is 0.279. The molecule has 150 valence electrons. The van der Waals surface area contributed by atoms with E-state index in [0.29, 0.717) is 30.2 Å². The van der Waals surface area contributed by atoms with Gasteiger partial charge in [-0.05, 0) is 38.3 Å². The Morgan fingerprint density at radius 2 is 2.18 bits per heavy atom. The number of carbonyl (C=O) groups is 1. The van der Waals surface area contributed by atoms with E-state index < -0.39 is 12.2 Å². The first-order valence-electron chi connectivity index (χ1n) is 9.45. The van der Waals surface area contributed by atoms with Crippen molar-refractivity contribution in [3.05, 3.63) is 41.9 Å². The second kappa shape index (κ2) is 7.10. The van der Waals surface area contributed by atoms with Crippen LogP contribution in [-0.4, -0.2) is 44.3 Å². The van der Waals surface area contributed by atoms with E-state index in [0.717, 1.165) is 11.1 Å².